The van der Waals surface area contributed by atoms with Crippen LogP contribution in [0.2, 0.25) is 0 Å². The number of aryl methyl sites for hydroxylation is 2. The van der Waals surface area contributed by atoms with Gasteiger partial charge in [-0.3, -0.25) is 4.79 Å². The van der Waals surface area contributed by atoms with Gasteiger partial charge >= 0.3 is 0 Å². The van der Waals surface area contributed by atoms with Crippen LogP contribution in [0.3, 0.4) is 0 Å². The van der Waals surface area contributed by atoms with Gasteiger partial charge in [0.2, 0.25) is 0 Å². The Hall–Kier alpha value is -1.72. The summed E-state index contributed by atoms with van der Waals surface area (Å²) in [5.74, 6) is 0.197. The third-order valence-corrected chi connectivity index (χ3v) is 5.37. The Labute approximate surface area is 140 Å². The smallest absolute Gasteiger partial charge is 0.271 e. The fourth-order valence-electron chi connectivity index (χ4n) is 2.74. The van der Waals surface area contributed by atoms with Crippen LogP contribution in [0.25, 0.3) is 0 Å². The summed E-state index contributed by atoms with van der Waals surface area (Å²) in [6.07, 6.45) is 3.89. The number of rotatable bonds is 7. The molecule has 1 atom stereocenters. The van der Waals surface area contributed by atoms with Crippen LogP contribution in [0.5, 0.6) is 0 Å². The predicted molar refractivity (Wildman–Crippen MR) is 91.6 cm³/mol. The van der Waals surface area contributed by atoms with Crippen molar-refractivity contribution in [1.82, 2.24) is 10.3 Å². The highest BCUT2D eigenvalue weighted by Gasteiger charge is 2.42. The van der Waals surface area contributed by atoms with Crippen molar-refractivity contribution in [2.45, 2.75) is 38.1 Å². The lowest BCUT2D eigenvalue weighted by Gasteiger charge is -2.28. The largest absolute Gasteiger partial charge is 0.394 e. The van der Waals surface area contributed by atoms with E-state index in [0.717, 1.165) is 30.7 Å². The normalized spacial score (nSPS) is 16.8. The Morgan fingerprint density at radius 3 is 2.74 bits per heavy atom. The first-order chi connectivity index (χ1) is 11.1. The minimum atomic E-state index is -0.523. The molecule has 0 saturated heterocycles. The second kappa shape index (κ2) is 6.81. The third kappa shape index (κ3) is 3.98. The van der Waals surface area contributed by atoms with E-state index < -0.39 is 5.54 Å². The van der Waals surface area contributed by atoms with Gasteiger partial charge in [-0.1, -0.05) is 30.3 Å². The molecule has 1 amide bonds. The molecule has 23 heavy (non-hydrogen) atoms. The van der Waals surface area contributed by atoms with Crippen LogP contribution in [-0.4, -0.2) is 28.1 Å². The third-order valence-electron chi connectivity index (χ3n) is 4.46. The molecular formula is C18H22N2O2S. The molecule has 1 heterocycles. The van der Waals surface area contributed by atoms with Crippen molar-refractivity contribution in [3.63, 3.8) is 0 Å². The molecule has 1 fully saturated rings. The number of nitrogens with zero attached hydrogens (tertiary/aromatic N) is 1. The van der Waals surface area contributed by atoms with E-state index in [-0.39, 0.29) is 12.5 Å². The molecule has 0 bridgehead atoms. The molecule has 1 unspecified atom stereocenters. The van der Waals surface area contributed by atoms with E-state index in [9.17, 15) is 9.90 Å². The summed E-state index contributed by atoms with van der Waals surface area (Å²) < 4.78 is 0. The molecule has 0 radical (unpaired) electrons. The first-order valence-corrected chi connectivity index (χ1v) is 8.90. The van der Waals surface area contributed by atoms with E-state index in [1.807, 2.05) is 25.1 Å². The van der Waals surface area contributed by atoms with Crippen molar-refractivity contribution in [2.75, 3.05) is 6.61 Å². The lowest BCUT2D eigenvalue weighted by molar-refractivity contribution is 0.0820. The van der Waals surface area contributed by atoms with Crippen LogP contribution >= 0.6 is 11.3 Å². The molecule has 5 heteroatoms. The summed E-state index contributed by atoms with van der Waals surface area (Å²) in [5, 5.41) is 15.3. The molecule has 1 aromatic carbocycles. The number of thiazole rings is 1. The lowest BCUT2D eigenvalue weighted by atomic mass is 9.97. The quantitative estimate of drug-likeness (QED) is 0.820. The van der Waals surface area contributed by atoms with Crippen LogP contribution in [-0.2, 0) is 12.8 Å². The van der Waals surface area contributed by atoms with Crippen molar-refractivity contribution in [3.8, 4) is 0 Å². The maximum atomic E-state index is 12.4. The molecule has 0 aliphatic heterocycles. The Bertz CT molecular complexity index is 667. The number of aliphatic hydroxyl groups is 1. The summed E-state index contributed by atoms with van der Waals surface area (Å²) in [7, 11) is 0. The van der Waals surface area contributed by atoms with E-state index in [4.69, 9.17) is 0 Å². The summed E-state index contributed by atoms with van der Waals surface area (Å²) in [6.45, 7) is 1.87. The van der Waals surface area contributed by atoms with Gasteiger partial charge in [-0.05, 0) is 37.7 Å². The molecule has 0 spiro atoms. The Balaban J connectivity index is 1.59. The first-order valence-electron chi connectivity index (χ1n) is 8.02. The van der Waals surface area contributed by atoms with Crippen LogP contribution in [0.15, 0.2) is 35.7 Å². The topological polar surface area (TPSA) is 62.2 Å². The maximum Gasteiger partial charge on any atom is 0.271 e. The van der Waals surface area contributed by atoms with Crippen LogP contribution in [0.4, 0.5) is 0 Å². The zero-order valence-electron chi connectivity index (χ0n) is 13.3. The summed E-state index contributed by atoms with van der Waals surface area (Å²) >= 11 is 1.52. The zero-order chi connectivity index (χ0) is 16.3. The molecule has 2 aromatic rings. The van der Waals surface area contributed by atoms with E-state index >= 15 is 0 Å². The minimum Gasteiger partial charge on any atom is -0.394 e. The van der Waals surface area contributed by atoms with Crippen LogP contribution in [0.1, 0.15) is 40.8 Å². The summed E-state index contributed by atoms with van der Waals surface area (Å²) in [5.41, 5.74) is 1.21. The van der Waals surface area contributed by atoms with Gasteiger partial charge in [0.1, 0.15) is 5.69 Å². The number of benzene rings is 1. The highest BCUT2D eigenvalue weighted by Crippen LogP contribution is 2.39. The Morgan fingerprint density at radius 2 is 2.09 bits per heavy atom. The maximum absolute atomic E-state index is 12.4. The fraction of sp³-hybridized carbons (Fsp3) is 0.444. The second-order valence-electron chi connectivity index (χ2n) is 6.42. The van der Waals surface area contributed by atoms with Gasteiger partial charge in [0.15, 0.2) is 0 Å². The van der Waals surface area contributed by atoms with E-state index in [1.54, 1.807) is 5.38 Å². The number of aliphatic hydroxyl groups excluding tert-OH is 1. The second-order valence-corrected chi connectivity index (χ2v) is 7.36. The van der Waals surface area contributed by atoms with E-state index in [1.165, 1.54) is 16.9 Å². The first kappa shape index (κ1) is 16.1. The van der Waals surface area contributed by atoms with Crippen molar-refractivity contribution in [1.29, 1.82) is 0 Å². The van der Waals surface area contributed by atoms with Crippen molar-refractivity contribution >= 4 is 17.2 Å². The number of amides is 1. The van der Waals surface area contributed by atoms with Crippen LogP contribution in [0, 0.1) is 5.92 Å². The van der Waals surface area contributed by atoms with Gasteiger partial charge in [0, 0.05) is 11.8 Å². The van der Waals surface area contributed by atoms with Crippen molar-refractivity contribution < 1.29 is 9.90 Å². The molecule has 4 nitrogen and oxygen atoms in total. The van der Waals surface area contributed by atoms with Crippen molar-refractivity contribution in [3.05, 3.63) is 52.0 Å². The standard InChI is InChI=1S/C18H22N2O2S/c1-18(12-21,14-8-9-14)20-17(22)15-11-23-16(19-15)10-7-13-5-3-2-4-6-13/h2-6,11,14,21H,7-10,12H2,1H3,(H,20,22). The Kier molecular flexibility index (Phi) is 4.78. The minimum absolute atomic E-state index is 0.0333. The summed E-state index contributed by atoms with van der Waals surface area (Å²) in [4.78, 5) is 16.8. The lowest BCUT2D eigenvalue weighted by Crippen LogP contribution is -2.50. The Morgan fingerprint density at radius 1 is 1.35 bits per heavy atom. The predicted octanol–water partition coefficient (Wildman–Crippen LogP) is 2.82. The number of carbonyl (C=O) groups is 1. The zero-order valence-corrected chi connectivity index (χ0v) is 14.1. The number of nitrogens with one attached hydrogen (secondary N) is 1. The summed E-state index contributed by atoms with van der Waals surface area (Å²) in [6, 6.07) is 10.3. The van der Waals surface area contributed by atoms with Crippen molar-refractivity contribution in [2.24, 2.45) is 5.92 Å². The average Bonchev–Trinajstić information content (AvgIpc) is 3.33. The number of hydrogen-bond acceptors (Lipinski definition) is 4. The molecule has 122 valence electrons. The molecule has 1 aliphatic carbocycles. The van der Waals surface area contributed by atoms with E-state index in [2.05, 4.69) is 22.4 Å². The average molecular weight is 330 g/mol. The van der Waals surface area contributed by atoms with Crippen LogP contribution < -0.4 is 5.32 Å². The van der Waals surface area contributed by atoms with Gasteiger partial charge in [0.25, 0.3) is 5.91 Å². The number of hydrogen-bond donors (Lipinski definition) is 2. The van der Waals surface area contributed by atoms with E-state index in [0.29, 0.717) is 11.6 Å². The number of carbonyl (C=O) groups excluding carboxylic acids is 1. The molecule has 2 N–H and O–H groups in total. The highest BCUT2D eigenvalue weighted by atomic mass is 32.1. The van der Waals surface area contributed by atoms with Gasteiger partial charge in [-0.25, -0.2) is 4.98 Å². The highest BCUT2D eigenvalue weighted by molar-refractivity contribution is 7.09. The SMILES string of the molecule is CC(CO)(NC(=O)c1csc(CCc2ccccc2)n1)C1CC1. The monoisotopic (exact) mass is 330 g/mol. The fourth-order valence-corrected chi connectivity index (χ4v) is 3.52. The molecule has 1 aromatic heterocycles. The van der Waals surface area contributed by atoms with Gasteiger partial charge in [-0.2, -0.15) is 0 Å². The number of aromatic nitrogens is 1. The molecule has 3 rings (SSSR count). The molecule has 1 aliphatic rings. The van der Waals surface area contributed by atoms with Gasteiger partial charge < -0.3 is 10.4 Å². The molecular weight excluding hydrogens is 308 g/mol. The molecule has 1 saturated carbocycles. The van der Waals surface area contributed by atoms with Gasteiger partial charge in [0.05, 0.1) is 17.2 Å². The van der Waals surface area contributed by atoms with Gasteiger partial charge in [-0.15, -0.1) is 11.3 Å².